The van der Waals surface area contributed by atoms with Gasteiger partial charge in [0.2, 0.25) is 0 Å². The van der Waals surface area contributed by atoms with Crippen molar-refractivity contribution < 1.29 is 0 Å². The maximum atomic E-state index is 3.92. The molecule has 0 fully saturated rings. The van der Waals surface area contributed by atoms with E-state index in [1.54, 1.807) is 0 Å². The first kappa shape index (κ1) is 21.4. The highest BCUT2D eigenvalue weighted by Crippen LogP contribution is 2.31. The van der Waals surface area contributed by atoms with Crippen molar-refractivity contribution in [2.45, 2.75) is 51.4 Å². The fourth-order valence-electron chi connectivity index (χ4n) is 4.55. The van der Waals surface area contributed by atoms with Crippen LogP contribution in [0.25, 0.3) is 11.1 Å². The Morgan fingerprint density at radius 1 is 0.677 bits per heavy atom. The molecular weight excluding hydrogens is 372 g/mol. The van der Waals surface area contributed by atoms with E-state index in [2.05, 4.69) is 105 Å². The largest absolute Gasteiger partial charge is 0.102 e. The van der Waals surface area contributed by atoms with Crippen LogP contribution < -0.4 is 0 Å². The van der Waals surface area contributed by atoms with E-state index in [0.29, 0.717) is 11.8 Å². The minimum absolute atomic E-state index is 0.558. The average molecular weight is 407 g/mol. The summed E-state index contributed by atoms with van der Waals surface area (Å²) in [5.41, 5.74) is 8.30. The number of aryl methyl sites for hydroxylation is 3. The van der Waals surface area contributed by atoms with E-state index < -0.39 is 0 Å². The molecule has 3 aromatic rings. The SMILES string of the molecule is C=CC1C=CC(c2ccc(CCc3ccc(-c4ccc(CCC)cc4)cc3)cc2)CC1. The van der Waals surface area contributed by atoms with Crippen LogP contribution in [0.15, 0.2) is 97.6 Å². The van der Waals surface area contributed by atoms with Crippen molar-refractivity contribution in [1.29, 1.82) is 0 Å². The molecule has 2 unspecified atom stereocenters. The van der Waals surface area contributed by atoms with E-state index in [0.717, 1.165) is 19.3 Å². The van der Waals surface area contributed by atoms with Gasteiger partial charge in [-0.2, -0.15) is 0 Å². The molecule has 0 spiro atoms. The number of benzene rings is 3. The van der Waals surface area contributed by atoms with Crippen LogP contribution in [0.5, 0.6) is 0 Å². The Hall–Kier alpha value is -2.86. The zero-order valence-corrected chi connectivity index (χ0v) is 18.8. The molecule has 31 heavy (non-hydrogen) atoms. The van der Waals surface area contributed by atoms with Crippen LogP contribution in [0.2, 0.25) is 0 Å². The van der Waals surface area contributed by atoms with Crippen LogP contribution >= 0.6 is 0 Å². The quantitative estimate of drug-likeness (QED) is 0.330. The Balaban J connectivity index is 1.32. The summed E-state index contributed by atoms with van der Waals surface area (Å²) >= 11 is 0. The van der Waals surface area contributed by atoms with Gasteiger partial charge < -0.3 is 0 Å². The lowest BCUT2D eigenvalue weighted by molar-refractivity contribution is 0.582. The second kappa shape index (κ2) is 10.4. The standard InChI is InChI=1S/C31H34/c1-3-5-25-10-18-29(19-11-25)31-22-14-27(15-23-31)7-6-26-12-20-30(21-13-26)28-16-8-24(4-2)9-17-28/h4,8,10-16,18-24,28H,2-3,5-7,9,17H2,1H3. The molecule has 4 rings (SSSR count). The minimum atomic E-state index is 0.558. The zero-order chi connectivity index (χ0) is 21.5. The maximum absolute atomic E-state index is 3.92. The first-order valence-corrected chi connectivity index (χ1v) is 11.8. The summed E-state index contributed by atoms with van der Waals surface area (Å²) in [6.07, 6.45) is 13.7. The smallest absolute Gasteiger partial charge is 0.00185 e. The van der Waals surface area contributed by atoms with Crippen LogP contribution in [0.4, 0.5) is 0 Å². The lowest BCUT2D eigenvalue weighted by atomic mass is 9.84. The second-order valence-electron chi connectivity index (χ2n) is 8.85. The number of hydrogen-bond donors (Lipinski definition) is 0. The number of hydrogen-bond acceptors (Lipinski definition) is 0. The zero-order valence-electron chi connectivity index (χ0n) is 18.8. The summed E-state index contributed by atoms with van der Waals surface area (Å²) < 4.78 is 0. The second-order valence-corrected chi connectivity index (χ2v) is 8.85. The molecule has 0 saturated carbocycles. The van der Waals surface area contributed by atoms with Crippen molar-refractivity contribution in [1.82, 2.24) is 0 Å². The van der Waals surface area contributed by atoms with Gasteiger partial charge in [-0.25, -0.2) is 0 Å². The molecule has 0 heterocycles. The summed E-state index contributed by atoms with van der Waals surface area (Å²) in [6, 6.07) is 27.4. The van der Waals surface area contributed by atoms with Crippen molar-refractivity contribution in [3.63, 3.8) is 0 Å². The fraction of sp³-hybridized carbons (Fsp3) is 0.290. The predicted octanol–water partition coefficient (Wildman–Crippen LogP) is 8.33. The fourth-order valence-corrected chi connectivity index (χ4v) is 4.55. The van der Waals surface area contributed by atoms with Crippen molar-refractivity contribution in [3.05, 3.63) is 120 Å². The van der Waals surface area contributed by atoms with E-state index in [-0.39, 0.29) is 0 Å². The van der Waals surface area contributed by atoms with Gasteiger partial charge in [0.25, 0.3) is 0 Å². The molecule has 0 aliphatic heterocycles. The van der Waals surface area contributed by atoms with Gasteiger partial charge in [-0.3, -0.25) is 0 Å². The first-order chi connectivity index (χ1) is 15.2. The van der Waals surface area contributed by atoms with E-state index in [1.165, 1.54) is 52.6 Å². The number of rotatable bonds is 8. The summed E-state index contributed by atoms with van der Waals surface area (Å²) in [6.45, 7) is 6.15. The Morgan fingerprint density at radius 2 is 1.19 bits per heavy atom. The lowest BCUT2D eigenvalue weighted by Crippen LogP contribution is -2.05. The molecule has 0 saturated heterocycles. The molecule has 0 amide bonds. The highest BCUT2D eigenvalue weighted by atomic mass is 14.2. The van der Waals surface area contributed by atoms with E-state index in [1.807, 2.05) is 0 Å². The molecule has 158 valence electrons. The van der Waals surface area contributed by atoms with Gasteiger partial charge in [0, 0.05) is 5.92 Å². The minimum Gasteiger partial charge on any atom is -0.102 e. The average Bonchev–Trinajstić information content (AvgIpc) is 2.84. The van der Waals surface area contributed by atoms with Gasteiger partial charge in [0.15, 0.2) is 0 Å². The Labute approximate surface area is 188 Å². The van der Waals surface area contributed by atoms with E-state index in [9.17, 15) is 0 Å². The monoisotopic (exact) mass is 406 g/mol. The van der Waals surface area contributed by atoms with Crippen molar-refractivity contribution in [2.75, 3.05) is 0 Å². The maximum Gasteiger partial charge on any atom is 0.00185 e. The van der Waals surface area contributed by atoms with Crippen LogP contribution in [0.3, 0.4) is 0 Å². The third-order valence-corrected chi connectivity index (χ3v) is 6.59. The Bertz CT molecular complexity index is 987. The van der Waals surface area contributed by atoms with Crippen LogP contribution in [-0.4, -0.2) is 0 Å². The highest BCUT2D eigenvalue weighted by molar-refractivity contribution is 5.64. The Kier molecular flexibility index (Phi) is 7.20. The van der Waals surface area contributed by atoms with Gasteiger partial charge in [-0.1, -0.05) is 104 Å². The van der Waals surface area contributed by atoms with Crippen molar-refractivity contribution >= 4 is 0 Å². The first-order valence-electron chi connectivity index (χ1n) is 11.8. The van der Waals surface area contributed by atoms with Gasteiger partial charge in [-0.05, 0) is 71.4 Å². The topological polar surface area (TPSA) is 0 Å². The molecular formula is C31H34. The third-order valence-electron chi connectivity index (χ3n) is 6.59. The summed E-state index contributed by atoms with van der Waals surface area (Å²) in [5, 5.41) is 0. The van der Waals surface area contributed by atoms with Gasteiger partial charge in [0.1, 0.15) is 0 Å². The molecule has 1 aliphatic rings. The van der Waals surface area contributed by atoms with Gasteiger partial charge >= 0.3 is 0 Å². The summed E-state index contributed by atoms with van der Waals surface area (Å²) in [5.74, 6) is 1.12. The van der Waals surface area contributed by atoms with Gasteiger partial charge in [0.05, 0.1) is 0 Å². The summed E-state index contributed by atoms with van der Waals surface area (Å²) in [4.78, 5) is 0. The van der Waals surface area contributed by atoms with Gasteiger partial charge in [-0.15, -0.1) is 6.58 Å². The molecule has 0 aromatic heterocycles. The molecule has 0 bridgehead atoms. The summed E-state index contributed by atoms with van der Waals surface area (Å²) in [7, 11) is 0. The van der Waals surface area contributed by atoms with Crippen molar-refractivity contribution in [2.24, 2.45) is 5.92 Å². The van der Waals surface area contributed by atoms with Crippen LogP contribution in [0.1, 0.15) is 54.4 Å². The van der Waals surface area contributed by atoms with Crippen LogP contribution in [0, 0.1) is 5.92 Å². The van der Waals surface area contributed by atoms with E-state index >= 15 is 0 Å². The lowest BCUT2D eigenvalue weighted by Gasteiger charge is -2.21. The van der Waals surface area contributed by atoms with Crippen LogP contribution in [-0.2, 0) is 19.3 Å². The molecule has 0 nitrogen and oxygen atoms in total. The molecule has 1 aliphatic carbocycles. The third kappa shape index (κ3) is 5.64. The van der Waals surface area contributed by atoms with E-state index in [4.69, 9.17) is 0 Å². The molecule has 2 atom stereocenters. The molecule has 3 aromatic carbocycles. The number of allylic oxidation sites excluding steroid dienone is 3. The van der Waals surface area contributed by atoms with Crippen molar-refractivity contribution in [3.8, 4) is 11.1 Å². The predicted molar refractivity (Wildman–Crippen MR) is 135 cm³/mol. The molecule has 0 N–H and O–H groups in total. The molecule has 0 heteroatoms. The normalized spacial score (nSPS) is 18.1. The molecule has 0 radical (unpaired) electrons. The highest BCUT2D eigenvalue weighted by Gasteiger charge is 2.15. The Morgan fingerprint density at radius 3 is 1.65 bits per heavy atom.